The van der Waals surface area contributed by atoms with E-state index in [0.717, 1.165) is 36.7 Å². The van der Waals surface area contributed by atoms with Gasteiger partial charge in [0, 0.05) is 46.1 Å². The fourth-order valence-corrected chi connectivity index (χ4v) is 2.85. The van der Waals surface area contributed by atoms with Crippen LogP contribution in [-0.4, -0.2) is 60.9 Å². The number of rotatable bonds is 5. The molecule has 1 aromatic carbocycles. The van der Waals surface area contributed by atoms with Crippen molar-refractivity contribution in [1.82, 2.24) is 9.80 Å². The Morgan fingerprint density at radius 3 is 2.28 bits per heavy atom. The lowest BCUT2D eigenvalue weighted by Gasteiger charge is -2.34. The zero-order valence-electron chi connectivity index (χ0n) is 14.4. The number of amides is 2. The maximum atomic E-state index is 13.9. The van der Waals surface area contributed by atoms with E-state index in [2.05, 4.69) is 11.8 Å². The summed E-state index contributed by atoms with van der Waals surface area (Å²) in [4.78, 5) is 29.0. The van der Waals surface area contributed by atoms with Gasteiger partial charge in [0.15, 0.2) is 17.5 Å². The molecule has 2 amide bonds. The summed E-state index contributed by atoms with van der Waals surface area (Å²) < 4.78 is 40.4. The second-order valence-electron chi connectivity index (χ2n) is 5.93. The lowest BCUT2D eigenvalue weighted by molar-refractivity contribution is -0.132. The van der Waals surface area contributed by atoms with Crippen LogP contribution in [0.1, 0.15) is 20.3 Å². The van der Waals surface area contributed by atoms with Gasteiger partial charge in [0.1, 0.15) is 0 Å². The van der Waals surface area contributed by atoms with Crippen LogP contribution < -0.4 is 4.90 Å². The molecule has 1 aliphatic heterocycles. The molecule has 5 nitrogen and oxygen atoms in total. The summed E-state index contributed by atoms with van der Waals surface area (Å²) in [7, 11) is 0. The van der Waals surface area contributed by atoms with Crippen molar-refractivity contribution >= 4 is 17.5 Å². The molecule has 0 spiro atoms. The van der Waals surface area contributed by atoms with Crippen LogP contribution in [0.2, 0.25) is 0 Å². The van der Waals surface area contributed by atoms with Gasteiger partial charge in [0.25, 0.3) is 0 Å². The molecule has 25 heavy (non-hydrogen) atoms. The van der Waals surface area contributed by atoms with E-state index in [-0.39, 0.29) is 24.6 Å². The molecule has 0 bridgehead atoms. The summed E-state index contributed by atoms with van der Waals surface area (Å²) in [5.74, 6) is -5.09. The molecule has 0 aromatic heterocycles. The molecule has 0 unspecified atom stereocenters. The third-order valence-electron chi connectivity index (χ3n) is 4.41. The molecule has 1 saturated heterocycles. The van der Waals surface area contributed by atoms with E-state index in [4.69, 9.17) is 0 Å². The minimum Gasteiger partial charge on any atom is -0.340 e. The number of likely N-dealkylation sites (N-methyl/N-ethyl adjacent to an activating group) is 1. The fraction of sp³-hybridized carbons (Fsp3) is 0.529. The molecule has 0 radical (unpaired) electrons. The van der Waals surface area contributed by atoms with Crippen LogP contribution in [-0.2, 0) is 9.59 Å². The second-order valence-corrected chi connectivity index (χ2v) is 5.93. The number of carbonyl (C=O) groups excluding carboxylic acids is 2. The second kappa shape index (κ2) is 8.33. The number of hydrogen-bond acceptors (Lipinski definition) is 3. The molecule has 1 heterocycles. The average molecular weight is 357 g/mol. The van der Waals surface area contributed by atoms with Crippen LogP contribution in [0.4, 0.5) is 18.9 Å². The Hall–Kier alpha value is -2.09. The summed E-state index contributed by atoms with van der Waals surface area (Å²) in [5.41, 5.74) is -0.366. The highest BCUT2D eigenvalue weighted by atomic mass is 19.2. The number of hydrogen-bond donors (Lipinski definition) is 0. The van der Waals surface area contributed by atoms with Crippen LogP contribution in [0, 0.1) is 17.5 Å². The van der Waals surface area contributed by atoms with E-state index in [1.165, 1.54) is 6.92 Å². The van der Waals surface area contributed by atoms with Gasteiger partial charge in [-0.2, -0.15) is 0 Å². The highest BCUT2D eigenvalue weighted by molar-refractivity contribution is 5.92. The molecule has 0 N–H and O–H groups in total. The van der Waals surface area contributed by atoms with Crippen molar-refractivity contribution in [2.45, 2.75) is 20.3 Å². The molecule has 0 aliphatic carbocycles. The average Bonchev–Trinajstić information content (AvgIpc) is 2.61. The molecule has 1 fully saturated rings. The minimum absolute atomic E-state index is 0.00978. The van der Waals surface area contributed by atoms with Crippen molar-refractivity contribution in [3.63, 3.8) is 0 Å². The van der Waals surface area contributed by atoms with Gasteiger partial charge in [0.2, 0.25) is 11.8 Å². The molecule has 1 aliphatic rings. The number of nitrogens with zero attached hydrogens (tertiary/aromatic N) is 3. The van der Waals surface area contributed by atoms with Crippen LogP contribution >= 0.6 is 0 Å². The number of anilines is 1. The van der Waals surface area contributed by atoms with Gasteiger partial charge in [-0.05, 0) is 18.7 Å². The first-order chi connectivity index (χ1) is 11.8. The van der Waals surface area contributed by atoms with E-state index < -0.39 is 23.4 Å². The first-order valence-corrected chi connectivity index (χ1v) is 8.26. The van der Waals surface area contributed by atoms with Crippen LogP contribution in [0.25, 0.3) is 0 Å². The minimum atomic E-state index is -1.63. The van der Waals surface area contributed by atoms with E-state index in [1.807, 2.05) is 0 Å². The molecule has 1 aromatic rings. The van der Waals surface area contributed by atoms with Crippen molar-refractivity contribution < 1.29 is 22.8 Å². The van der Waals surface area contributed by atoms with Crippen LogP contribution in [0.15, 0.2) is 12.1 Å². The molecule has 0 saturated carbocycles. The first kappa shape index (κ1) is 19.2. The smallest absolute Gasteiger partial charge is 0.224 e. The van der Waals surface area contributed by atoms with Gasteiger partial charge in [-0.25, -0.2) is 13.2 Å². The molecular weight excluding hydrogens is 335 g/mol. The highest BCUT2D eigenvalue weighted by Gasteiger charge is 2.24. The predicted octanol–water partition coefficient (Wildman–Crippen LogP) is 2.01. The monoisotopic (exact) mass is 357 g/mol. The third kappa shape index (κ3) is 4.50. The quantitative estimate of drug-likeness (QED) is 0.758. The molecule has 2 rings (SSSR count). The number of carbonyl (C=O) groups is 2. The lowest BCUT2D eigenvalue weighted by Crippen LogP contribution is -2.49. The topological polar surface area (TPSA) is 43.9 Å². The van der Waals surface area contributed by atoms with Crippen molar-refractivity contribution in [2.24, 2.45) is 0 Å². The zero-order valence-corrected chi connectivity index (χ0v) is 14.4. The van der Waals surface area contributed by atoms with Gasteiger partial charge >= 0.3 is 0 Å². The largest absolute Gasteiger partial charge is 0.340 e. The summed E-state index contributed by atoms with van der Waals surface area (Å²) in [6, 6.07) is 1.76. The third-order valence-corrected chi connectivity index (χ3v) is 4.41. The van der Waals surface area contributed by atoms with Crippen molar-refractivity contribution in [3.05, 3.63) is 29.6 Å². The molecular formula is C17H22F3N3O2. The molecule has 0 atom stereocenters. The van der Waals surface area contributed by atoms with Crippen molar-refractivity contribution in [2.75, 3.05) is 44.2 Å². The Morgan fingerprint density at radius 1 is 1.08 bits per heavy atom. The van der Waals surface area contributed by atoms with E-state index in [0.29, 0.717) is 13.1 Å². The Balaban J connectivity index is 2.02. The summed E-state index contributed by atoms with van der Waals surface area (Å²) in [6.45, 7) is 6.86. The van der Waals surface area contributed by atoms with Gasteiger partial charge in [-0.15, -0.1) is 0 Å². The Bertz CT molecular complexity index is 646. The van der Waals surface area contributed by atoms with Gasteiger partial charge < -0.3 is 14.7 Å². The van der Waals surface area contributed by atoms with Crippen LogP contribution in [0.5, 0.6) is 0 Å². The Labute approximate surface area is 145 Å². The fourth-order valence-electron chi connectivity index (χ4n) is 2.85. The summed E-state index contributed by atoms with van der Waals surface area (Å²) in [6.07, 6.45) is -0.00978. The van der Waals surface area contributed by atoms with Crippen molar-refractivity contribution in [3.8, 4) is 0 Å². The SMILES string of the molecule is CCN1CCN(C(=O)CCN(C(C)=O)c2ccc(F)c(F)c2F)CC1. The Kier molecular flexibility index (Phi) is 6.41. The first-order valence-electron chi connectivity index (χ1n) is 8.26. The normalized spacial score (nSPS) is 15.3. The van der Waals surface area contributed by atoms with E-state index >= 15 is 0 Å². The standard InChI is InChI=1S/C17H22F3N3O2/c1-3-21-8-10-22(11-9-21)15(25)6-7-23(12(2)24)14-5-4-13(18)16(19)17(14)20/h4-5H,3,6-11H2,1-2H3. The lowest BCUT2D eigenvalue weighted by atomic mass is 10.2. The van der Waals surface area contributed by atoms with E-state index in [9.17, 15) is 22.8 Å². The predicted molar refractivity (Wildman–Crippen MR) is 87.7 cm³/mol. The zero-order chi connectivity index (χ0) is 18.6. The highest BCUT2D eigenvalue weighted by Crippen LogP contribution is 2.24. The van der Waals surface area contributed by atoms with Crippen molar-refractivity contribution in [1.29, 1.82) is 0 Å². The number of halogens is 3. The molecule has 138 valence electrons. The van der Waals surface area contributed by atoms with Gasteiger partial charge in [0.05, 0.1) is 5.69 Å². The number of benzene rings is 1. The summed E-state index contributed by atoms with van der Waals surface area (Å²) >= 11 is 0. The van der Waals surface area contributed by atoms with E-state index in [1.54, 1.807) is 4.90 Å². The maximum Gasteiger partial charge on any atom is 0.224 e. The van der Waals surface area contributed by atoms with Gasteiger partial charge in [-0.3, -0.25) is 9.59 Å². The summed E-state index contributed by atoms with van der Waals surface area (Å²) in [5, 5.41) is 0. The maximum absolute atomic E-state index is 13.9. The molecule has 8 heteroatoms. The number of piperazine rings is 1. The van der Waals surface area contributed by atoms with Gasteiger partial charge in [-0.1, -0.05) is 6.92 Å². The van der Waals surface area contributed by atoms with Crippen LogP contribution in [0.3, 0.4) is 0 Å². The Morgan fingerprint density at radius 2 is 1.72 bits per heavy atom.